The first-order chi connectivity index (χ1) is 38.9. The maximum absolute atomic E-state index is 15.1. The number of aromatic amines is 1. The summed E-state index contributed by atoms with van der Waals surface area (Å²) < 4.78 is 14.7. The number of hydrogen-bond acceptors (Lipinski definition) is 11. The zero-order valence-electron chi connectivity index (χ0n) is 45.8. The van der Waals surface area contributed by atoms with Crippen LogP contribution in [0.4, 0.5) is 0 Å². The number of carbonyl (C=O) groups excluding carboxylic acids is 9. The van der Waals surface area contributed by atoms with Gasteiger partial charge in [-0.25, -0.2) is 4.79 Å². The summed E-state index contributed by atoms with van der Waals surface area (Å²) in [4.78, 5) is 159. The van der Waals surface area contributed by atoms with Crippen molar-refractivity contribution in [3.05, 3.63) is 104 Å². The number of nitrogens with two attached hydrogens (primary N) is 1. The molecule has 9 rings (SSSR count). The summed E-state index contributed by atoms with van der Waals surface area (Å²) in [6.45, 7) is 4.01. The first-order valence-electron chi connectivity index (χ1n) is 27.8. The van der Waals surface area contributed by atoms with Crippen LogP contribution < -0.4 is 32.7 Å². The molecule has 2 aromatic heterocycles. The van der Waals surface area contributed by atoms with Crippen LogP contribution in [0.1, 0.15) is 140 Å². The molecule has 1 saturated carbocycles. The summed E-state index contributed by atoms with van der Waals surface area (Å²) >= 11 is 6.55. The number of fused-ring (bicyclic) bond motifs is 3. The number of imidazole rings is 1. The summed E-state index contributed by atoms with van der Waals surface area (Å²) in [5.41, 5.74) is 7.66. The predicted molar refractivity (Wildman–Crippen MR) is 301 cm³/mol. The molecule has 3 aliphatic heterocycles. The summed E-state index contributed by atoms with van der Waals surface area (Å²) in [5.74, 6) is -4.31. The second kappa shape index (κ2) is 24.6. The molecule has 0 radical (unpaired) electrons. The fraction of sp³-hybridized carbons (Fsp3) is 0.474. The van der Waals surface area contributed by atoms with E-state index in [0.717, 1.165) is 30.4 Å². The van der Waals surface area contributed by atoms with Crippen LogP contribution in [0.5, 0.6) is 0 Å². The Morgan fingerprint density at radius 1 is 0.878 bits per heavy atom. The Bertz CT molecular complexity index is 3500. The molecular weight excluding hydrogens is 1100 g/mol. The molecule has 1 unspecified atom stereocenters. The number of H-pyrrole nitrogens is 1. The third-order valence-electron chi connectivity index (χ3n) is 16.7. The third kappa shape index (κ3) is 12.9. The normalized spacial score (nSPS) is 21.9. The Kier molecular flexibility index (Phi) is 17.7. The molecule has 1 aliphatic carbocycles. The second-order valence-electron chi connectivity index (χ2n) is 22.5. The van der Waals surface area contributed by atoms with Crippen molar-refractivity contribution >= 4 is 93.9 Å². The minimum atomic E-state index is -5.13. The molecule has 4 fully saturated rings. The Morgan fingerprint density at radius 3 is 2.33 bits per heavy atom. The quantitative estimate of drug-likeness (QED) is 0.0453. The molecule has 5 atom stereocenters. The van der Waals surface area contributed by atoms with Gasteiger partial charge in [-0.2, -0.15) is 0 Å². The van der Waals surface area contributed by atoms with Gasteiger partial charge in [0.2, 0.25) is 41.4 Å². The summed E-state index contributed by atoms with van der Waals surface area (Å²) in [7, 11) is -3.47. The van der Waals surface area contributed by atoms with Gasteiger partial charge in [0.1, 0.15) is 29.9 Å². The number of carbonyl (C=O) groups is 9. The highest BCUT2D eigenvalue weighted by Crippen LogP contribution is 2.40. The number of piperidine rings is 1. The summed E-state index contributed by atoms with van der Waals surface area (Å²) in [6, 6.07) is 11.4. The number of nitrogens with zero attached hydrogens (tertiary/aromatic N) is 4. The molecule has 3 saturated heterocycles. The molecule has 5 aromatic rings. The van der Waals surface area contributed by atoms with E-state index in [9.17, 15) is 57.5 Å². The topological polar surface area (TPSA) is 335 Å². The highest BCUT2D eigenvalue weighted by molar-refractivity contribution is 7.70. The van der Waals surface area contributed by atoms with Crippen LogP contribution in [0.25, 0.3) is 21.9 Å². The van der Waals surface area contributed by atoms with E-state index in [2.05, 4.69) is 26.3 Å². The zero-order valence-corrected chi connectivity index (χ0v) is 47.4. The molecule has 5 heterocycles. The Balaban J connectivity index is 0.894. The van der Waals surface area contributed by atoms with Crippen LogP contribution in [0, 0.1) is 11.8 Å². The highest BCUT2D eigenvalue weighted by Gasteiger charge is 2.47. The Labute approximate surface area is 476 Å². The van der Waals surface area contributed by atoms with Crippen LogP contribution in [0.15, 0.2) is 65.5 Å². The number of imide groups is 1. The predicted octanol–water partition coefficient (Wildman–Crippen LogP) is 4.09. The first kappa shape index (κ1) is 59.2. The SMILES string of the molecule is CC(C)c1ccc(CNC(=O)[C@H](CCC(N)=O)NC(=O)[C@@H]2CC[C@@H]3CCN(C(=O)[C@H]4CC[C@@H](CCc5ccc6c(c5)n(C)c(=O)n6C5CCC(=O)NC5=O)CC4)C[C@H](NC(=O)c4cc5cc(C(=O)P(=O)(O)O)ccc5[nH]4)C(=O)N32)c(Cl)c1. The number of aryl methyl sites for hydroxylation is 2. The van der Waals surface area contributed by atoms with Gasteiger partial charge in [-0.05, 0) is 142 Å². The van der Waals surface area contributed by atoms with Gasteiger partial charge in [0.15, 0.2) is 0 Å². The molecule has 0 spiro atoms. The maximum atomic E-state index is 15.1. The Morgan fingerprint density at radius 2 is 1.63 bits per heavy atom. The minimum absolute atomic E-state index is 0.0200. The van der Waals surface area contributed by atoms with Gasteiger partial charge in [-0.1, -0.05) is 43.6 Å². The van der Waals surface area contributed by atoms with Crippen LogP contribution in [0.2, 0.25) is 5.02 Å². The van der Waals surface area contributed by atoms with Crippen molar-refractivity contribution in [1.29, 1.82) is 0 Å². The molecule has 0 bridgehead atoms. The number of rotatable bonds is 18. The number of amides is 8. The maximum Gasteiger partial charge on any atom is 0.396 e. The van der Waals surface area contributed by atoms with Gasteiger partial charge in [0.25, 0.3) is 11.4 Å². The lowest BCUT2D eigenvalue weighted by atomic mass is 9.79. The average molecular weight is 1170 g/mol. The molecule has 9 N–H and O–H groups in total. The van der Waals surface area contributed by atoms with E-state index in [1.54, 1.807) is 18.0 Å². The van der Waals surface area contributed by atoms with E-state index in [1.165, 1.54) is 38.3 Å². The van der Waals surface area contributed by atoms with E-state index >= 15 is 4.79 Å². The zero-order chi connectivity index (χ0) is 58.9. The fourth-order valence-corrected chi connectivity index (χ4v) is 12.8. The van der Waals surface area contributed by atoms with Crippen LogP contribution in [0.3, 0.4) is 0 Å². The van der Waals surface area contributed by atoms with Crippen molar-refractivity contribution in [3.8, 4) is 0 Å². The number of hydrogen-bond donors (Lipinski definition) is 8. The molecule has 25 heteroatoms. The highest BCUT2D eigenvalue weighted by atomic mass is 35.5. The number of aromatic nitrogens is 3. The van der Waals surface area contributed by atoms with Crippen molar-refractivity contribution in [3.63, 3.8) is 0 Å². The molecule has 8 amide bonds. The largest absolute Gasteiger partial charge is 0.396 e. The van der Waals surface area contributed by atoms with Gasteiger partial charge < -0.3 is 46.3 Å². The van der Waals surface area contributed by atoms with Gasteiger partial charge in [0.05, 0.1) is 11.0 Å². The van der Waals surface area contributed by atoms with Crippen LogP contribution >= 0.6 is 19.2 Å². The number of benzene rings is 3. The van der Waals surface area contributed by atoms with E-state index in [1.807, 2.05) is 44.2 Å². The van der Waals surface area contributed by atoms with Crippen molar-refractivity contribution in [1.82, 2.24) is 45.2 Å². The number of nitrogens with one attached hydrogen (secondary N) is 5. The molecule has 23 nitrogen and oxygen atoms in total. The van der Waals surface area contributed by atoms with E-state index < -0.39 is 78.8 Å². The van der Waals surface area contributed by atoms with E-state index in [0.29, 0.717) is 59.2 Å². The summed E-state index contributed by atoms with van der Waals surface area (Å²) in [5, 5.41) is 11.4. The van der Waals surface area contributed by atoms with Gasteiger partial charge in [0, 0.05) is 73.0 Å². The molecule has 436 valence electrons. The van der Waals surface area contributed by atoms with Crippen molar-refractivity contribution in [2.45, 2.75) is 140 Å². The second-order valence-corrected chi connectivity index (χ2v) is 24.4. The van der Waals surface area contributed by atoms with Crippen molar-refractivity contribution in [2.75, 3.05) is 13.1 Å². The van der Waals surface area contributed by atoms with Crippen LogP contribution in [-0.2, 0) is 58.1 Å². The lowest BCUT2D eigenvalue weighted by Gasteiger charge is -2.40. The standard InChI is InChI=1S/C57H68ClN10O13P/c1-30(2)34-11-12-36(39(58)26-34)28-60-50(71)41(16-20-48(59)69)62-52(73)45-18-14-38-22-23-66(29-43(55(76)67(38)45)63-51(72)42-27-37-25-35(13-15-40(37)61-42)56(77)82(79,80)81)54(75)33-9-6-31(7-10-33)4-5-32-8-17-44-47(24-32)65(3)57(78)68(44)46-19-21-49(70)64-53(46)74/h8,11-13,15,17,24-27,30-31,33,38,41,43,45-46,61H,4-7,9-10,14,16,18-23,28-29H2,1-3H3,(H2,59,69)(H,60,71)(H,62,73)(H,63,72)(H,64,70,74)(H2,79,80,81)/t31-,33+,38-,41+,43+,45+,46?/m1/s1. The van der Waals surface area contributed by atoms with Gasteiger partial charge in [-0.15, -0.1) is 0 Å². The Hall–Kier alpha value is -7.46. The van der Waals surface area contributed by atoms with Gasteiger partial charge >= 0.3 is 13.3 Å². The number of halogens is 1. The van der Waals surface area contributed by atoms with Crippen molar-refractivity contribution in [2.24, 2.45) is 24.6 Å². The third-order valence-corrected chi connectivity index (χ3v) is 17.8. The van der Waals surface area contributed by atoms with Crippen molar-refractivity contribution < 1.29 is 57.5 Å². The number of primary amides is 1. The average Bonchev–Trinajstić information content (AvgIpc) is 4.32. The first-order valence-corrected chi connectivity index (χ1v) is 29.8. The molecular formula is C57H68ClN10O13P. The summed E-state index contributed by atoms with van der Waals surface area (Å²) in [6.07, 6.45) is 5.03. The van der Waals surface area contributed by atoms with Crippen LogP contribution in [-0.4, -0.2) is 124 Å². The molecule has 3 aromatic carbocycles. The smallest absolute Gasteiger partial charge is 0.370 e. The van der Waals surface area contributed by atoms with Gasteiger partial charge in [-0.3, -0.25) is 62.2 Å². The fourth-order valence-electron chi connectivity index (χ4n) is 12.0. The lowest BCUT2D eigenvalue weighted by Crippen LogP contribution is -2.62. The lowest BCUT2D eigenvalue weighted by molar-refractivity contribution is -0.147. The van der Waals surface area contributed by atoms with E-state index in [-0.39, 0.29) is 104 Å². The van der Waals surface area contributed by atoms with E-state index in [4.69, 9.17) is 17.3 Å². The molecule has 82 heavy (non-hydrogen) atoms. The molecule has 4 aliphatic rings. The monoisotopic (exact) mass is 1170 g/mol. The minimum Gasteiger partial charge on any atom is -0.370 e.